The first kappa shape index (κ1) is 20.3. The van der Waals surface area contributed by atoms with Gasteiger partial charge in [0.05, 0.1) is 13.3 Å². The molecule has 0 aliphatic carbocycles. The zero-order valence-corrected chi connectivity index (χ0v) is 16.3. The number of nitrogens with zero attached hydrogens (tertiary/aromatic N) is 2. The Balaban J connectivity index is 1.77. The Bertz CT molecular complexity index is 1000. The number of methoxy groups -OCH3 is 1. The second kappa shape index (κ2) is 9.20. The molecule has 7 nitrogen and oxygen atoms in total. The van der Waals surface area contributed by atoms with Crippen LogP contribution in [0.2, 0.25) is 0 Å². The predicted molar refractivity (Wildman–Crippen MR) is 106 cm³/mol. The molecule has 0 radical (unpaired) electrons. The fourth-order valence-corrected chi connectivity index (χ4v) is 2.78. The minimum Gasteiger partial charge on any atom is -0.493 e. The summed E-state index contributed by atoms with van der Waals surface area (Å²) in [4.78, 5) is 12.5. The van der Waals surface area contributed by atoms with Gasteiger partial charge in [0.25, 0.3) is 5.91 Å². The van der Waals surface area contributed by atoms with Crippen molar-refractivity contribution in [3.63, 3.8) is 0 Å². The standard InChI is InChI=1S/C21H23FN4O3/c1-3-26-13-15(12-25-26)11-24-21(27)16-4-5-19(28-2)20(8-16)29-18-7-14(10-23)6-17(22)9-18/h4-9,12-13H,3,10-11,23H2,1-2H3,(H,24,27). The molecular formula is C21H23FN4O3. The van der Waals surface area contributed by atoms with Gasteiger partial charge in [0.1, 0.15) is 11.6 Å². The molecule has 0 unspecified atom stereocenters. The van der Waals surface area contributed by atoms with Gasteiger partial charge in [0.2, 0.25) is 0 Å². The van der Waals surface area contributed by atoms with Crippen molar-refractivity contribution in [2.24, 2.45) is 5.73 Å². The van der Waals surface area contributed by atoms with Crippen molar-refractivity contribution < 1.29 is 18.7 Å². The van der Waals surface area contributed by atoms with Crippen LogP contribution in [0.4, 0.5) is 4.39 Å². The molecule has 0 saturated heterocycles. The molecule has 0 saturated carbocycles. The maximum atomic E-state index is 13.8. The lowest BCUT2D eigenvalue weighted by atomic mass is 10.1. The lowest BCUT2D eigenvalue weighted by Gasteiger charge is -2.13. The SMILES string of the molecule is CCn1cc(CNC(=O)c2ccc(OC)c(Oc3cc(F)cc(CN)c3)c2)cn1. The molecule has 0 atom stereocenters. The number of nitrogens with two attached hydrogens (primary N) is 1. The molecule has 0 aliphatic rings. The van der Waals surface area contributed by atoms with E-state index in [0.29, 0.717) is 29.2 Å². The summed E-state index contributed by atoms with van der Waals surface area (Å²) in [6, 6.07) is 9.04. The first-order valence-electron chi connectivity index (χ1n) is 9.17. The minimum absolute atomic E-state index is 0.183. The fraction of sp³-hybridized carbons (Fsp3) is 0.238. The van der Waals surface area contributed by atoms with Gasteiger partial charge in [0.15, 0.2) is 11.5 Å². The van der Waals surface area contributed by atoms with Gasteiger partial charge in [0, 0.05) is 43.0 Å². The summed E-state index contributed by atoms with van der Waals surface area (Å²) in [6.07, 6.45) is 3.59. The molecule has 0 bridgehead atoms. The second-order valence-electron chi connectivity index (χ2n) is 6.35. The average Bonchev–Trinajstić information content (AvgIpc) is 3.19. The minimum atomic E-state index is -0.455. The highest BCUT2D eigenvalue weighted by Gasteiger charge is 2.13. The van der Waals surface area contributed by atoms with E-state index in [4.69, 9.17) is 15.2 Å². The highest BCUT2D eigenvalue weighted by molar-refractivity contribution is 5.94. The lowest BCUT2D eigenvalue weighted by Crippen LogP contribution is -2.22. The van der Waals surface area contributed by atoms with Gasteiger partial charge in [-0.15, -0.1) is 0 Å². The number of carbonyl (C=O) groups is 1. The van der Waals surface area contributed by atoms with E-state index in [1.165, 1.54) is 19.2 Å². The van der Waals surface area contributed by atoms with Crippen LogP contribution in [0.1, 0.15) is 28.4 Å². The quantitative estimate of drug-likeness (QED) is 0.608. The molecule has 29 heavy (non-hydrogen) atoms. The van der Waals surface area contributed by atoms with E-state index in [0.717, 1.165) is 12.1 Å². The Hall–Kier alpha value is -3.39. The number of amides is 1. The van der Waals surface area contributed by atoms with Gasteiger partial charge in [-0.1, -0.05) is 0 Å². The number of nitrogens with one attached hydrogen (secondary N) is 1. The summed E-state index contributed by atoms with van der Waals surface area (Å²) in [5, 5.41) is 7.02. The molecule has 1 aromatic heterocycles. The summed E-state index contributed by atoms with van der Waals surface area (Å²) >= 11 is 0. The Morgan fingerprint density at radius 2 is 2.03 bits per heavy atom. The lowest BCUT2D eigenvalue weighted by molar-refractivity contribution is 0.0950. The number of hydrogen-bond donors (Lipinski definition) is 2. The van der Waals surface area contributed by atoms with Crippen molar-refractivity contribution in [2.45, 2.75) is 26.6 Å². The highest BCUT2D eigenvalue weighted by atomic mass is 19.1. The van der Waals surface area contributed by atoms with Gasteiger partial charge < -0.3 is 20.5 Å². The average molecular weight is 398 g/mol. The van der Waals surface area contributed by atoms with E-state index in [-0.39, 0.29) is 18.2 Å². The Kier molecular flexibility index (Phi) is 6.46. The van der Waals surface area contributed by atoms with Crippen LogP contribution in [0.15, 0.2) is 48.8 Å². The van der Waals surface area contributed by atoms with Crippen LogP contribution in [-0.2, 0) is 19.6 Å². The maximum absolute atomic E-state index is 13.8. The van der Waals surface area contributed by atoms with E-state index >= 15 is 0 Å². The van der Waals surface area contributed by atoms with Gasteiger partial charge in [-0.25, -0.2) is 4.39 Å². The van der Waals surface area contributed by atoms with E-state index < -0.39 is 5.82 Å². The molecule has 0 aliphatic heterocycles. The highest BCUT2D eigenvalue weighted by Crippen LogP contribution is 2.33. The van der Waals surface area contributed by atoms with Crippen LogP contribution in [0.3, 0.4) is 0 Å². The van der Waals surface area contributed by atoms with Crippen LogP contribution in [-0.4, -0.2) is 22.8 Å². The Labute approximate surface area is 168 Å². The molecule has 3 aromatic rings. The van der Waals surface area contributed by atoms with Crippen molar-refractivity contribution in [1.29, 1.82) is 0 Å². The number of halogens is 1. The molecule has 0 fully saturated rings. The van der Waals surface area contributed by atoms with Crippen LogP contribution in [0.5, 0.6) is 17.2 Å². The fourth-order valence-electron chi connectivity index (χ4n) is 2.78. The first-order valence-corrected chi connectivity index (χ1v) is 9.17. The van der Waals surface area contributed by atoms with Crippen LogP contribution in [0, 0.1) is 5.82 Å². The summed E-state index contributed by atoms with van der Waals surface area (Å²) in [7, 11) is 1.49. The number of ether oxygens (including phenoxy) is 2. The molecule has 1 amide bonds. The third-order valence-electron chi connectivity index (χ3n) is 4.28. The van der Waals surface area contributed by atoms with Crippen LogP contribution < -0.4 is 20.5 Å². The van der Waals surface area contributed by atoms with Gasteiger partial charge in [-0.05, 0) is 42.8 Å². The molecular weight excluding hydrogens is 375 g/mol. The van der Waals surface area contributed by atoms with Crippen molar-refractivity contribution >= 4 is 5.91 Å². The molecule has 152 valence electrons. The van der Waals surface area contributed by atoms with E-state index in [1.54, 1.807) is 35.1 Å². The van der Waals surface area contributed by atoms with Crippen molar-refractivity contribution in [2.75, 3.05) is 7.11 Å². The van der Waals surface area contributed by atoms with E-state index in [2.05, 4.69) is 10.4 Å². The maximum Gasteiger partial charge on any atom is 0.251 e. The van der Waals surface area contributed by atoms with Crippen LogP contribution in [0.25, 0.3) is 0 Å². The smallest absolute Gasteiger partial charge is 0.251 e. The number of rotatable bonds is 8. The molecule has 3 N–H and O–H groups in total. The van der Waals surface area contributed by atoms with E-state index in [1.807, 2.05) is 13.1 Å². The number of hydrogen-bond acceptors (Lipinski definition) is 5. The van der Waals surface area contributed by atoms with Gasteiger partial charge in [-0.3, -0.25) is 9.48 Å². The molecule has 0 spiro atoms. The molecule has 1 heterocycles. The van der Waals surface area contributed by atoms with Crippen molar-refractivity contribution in [3.8, 4) is 17.2 Å². The topological polar surface area (TPSA) is 91.4 Å². The van der Waals surface area contributed by atoms with Crippen LogP contribution >= 0.6 is 0 Å². The normalized spacial score (nSPS) is 10.6. The summed E-state index contributed by atoms with van der Waals surface area (Å²) in [5.41, 5.74) is 7.47. The number of benzene rings is 2. The number of aryl methyl sites for hydroxylation is 1. The predicted octanol–water partition coefficient (Wildman–Crippen LogP) is 3.23. The molecule has 3 rings (SSSR count). The Morgan fingerprint density at radius 3 is 2.72 bits per heavy atom. The zero-order valence-electron chi connectivity index (χ0n) is 16.3. The van der Waals surface area contributed by atoms with Gasteiger partial charge in [-0.2, -0.15) is 5.10 Å². The third-order valence-corrected chi connectivity index (χ3v) is 4.28. The largest absolute Gasteiger partial charge is 0.493 e. The summed E-state index contributed by atoms with van der Waals surface area (Å²) in [5.74, 6) is 0.261. The Morgan fingerprint density at radius 1 is 1.21 bits per heavy atom. The monoisotopic (exact) mass is 398 g/mol. The number of aromatic nitrogens is 2. The third kappa shape index (κ3) is 5.11. The molecule has 2 aromatic carbocycles. The molecule has 8 heteroatoms. The van der Waals surface area contributed by atoms with Crippen molar-refractivity contribution in [1.82, 2.24) is 15.1 Å². The summed E-state index contributed by atoms with van der Waals surface area (Å²) in [6.45, 7) is 3.29. The first-order chi connectivity index (χ1) is 14.0. The summed E-state index contributed by atoms with van der Waals surface area (Å²) < 4.78 is 26.6. The van der Waals surface area contributed by atoms with Crippen molar-refractivity contribution in [3.05, 3.63) is 71.3 Å². The van der Waals surface area contributed by atoms with Gasteiger partial charge >= 0.3 is 0 Å². The van der Waals surface area contributed by atoms with E-state index in [9.17, 15) is 9.18 Å². The second-order valence-corrected chi connectivity index (χ2v) is 6.35. The number of carbonyl (C=O) groups excluding carboxylic acids is 1. The zero-order chi connectivity index (χ0) is 20.8.